The van der Waals surface area contributed by atoms with Gasteiger partial charge in [-0.3, -0.25) is 0 Å². The highest BCUT2D eigenvalue weighted by Gasteiger charge is 2.13. The van der Waals surface area contributed by atoms with Gasteiger partial charge in [-0.25, -0.2) is 0 Å². The van der Waals surface area contributed by atoms with Gasteiger partial charge in [0.1, 0.15) is 0 Å². The van der Waals surface area contributed by atoms with E-state index < -0.39 is 0 Å². The van der Waals surface area contributed by atoms with Crippen LogP contribution < -0.4 is 5.32 Å². The van der Waals surface area contributed by atoms with E-state index in [9.17, 15) is 0 Å². The summed E-state index contributed by atoms with van der Waals surface area (Å²) in [7, 11) is 0. The summed E-state index contributed by atoms with van der Waals surface area (Å²) in [6.07, 6.45) is 2.53. The van der Waals surface area contributed by atoms with Crippen molar-refractivity contribution in [3.63, 3.8) is 0 Å². The third kappa shape index (κ3) is 1.67. The fourth-order valence-electron chi connectivity index (χ4n) is 1.79. The van der Waals surface area contributed by atoms with Crippen molar-refractivity contribution in [2.45, 2.75) is 18.8 Å². The van der Waals surface area contributed by atoms with Crippen molar-refractivity contribution in [2.24, 2.45) is 0 Å². The van der Waals surface area contributed by atoms with E-state index in [1.54, 1.807) is 0 Å². The first-order chi connectivity index (χ1) is 5.97. The second kappa shape index (κ2) is 3.72. The average Bonchev–Trinajstić information content (AvgIpc) is 2.21. The summed E-state index contributed by atoms with van der Waals surface area (Å²) in [6, 6.07) is 11.6. The first-order valence-electron chi connectivity index (χ1n) is 4.64. The van der Waals surface area contributed by atoms with Gasteiger partial charge in [0.15, 0.2) is 0 Å². The van der Waals surface area contributed by atoms with Crippen molar-refractivity contribution in [3.05, 3.63) is 35.9 Å². The molecule has 0 aromatic heterocycles. The lowest BCUT2D eigenvalue weighted by molar-refractivity contribution is 0.460. The minimum atomic E-state index is 0.743. The van der Waals surface area contributed by atoms with Crippen LogP contribution in [0, 0.1) is 6.07 Å². The molecule has 1 N–H and O–H groups in total. The minimum absolute atomic E-state index is 0.743. The van der Waals surface area contributed by atoms with Crippen LogP contribution in [0.2, 0.25) is 0 Å². The first kappa shape index (κ1) is 7.81. The van der Waals surface area contributed by atoms with Crippen LogP contribution in [-0.4, -0.2) is 13.1 Å². The zero-order chi connectivity index (χ0) is 8.23. The highest BCUT2D eigenvalue weighted by atomic mass is 14.9. The Labute approximate surface area is 73.8 Å². The van der Waals surface area contributed by atoms with Crippen LogP contribution in [0.25, 0.3) is 0 Å². The Bertz CT molecular complexity index is 224. The zero-order valence-electron chi connectivity index (χ0n) is 7.22. The van der Waals surface area contributed by atoms with Crippen LogP contribution in [0.15, 0.2) is 24.3 Å². The molecule has 1 fully saturated rings. The molecule has 63 valence electrons. The zero-order valence-corrected chi connectivity index (χ0v) is 7.22. The van der Waals surface area contributed by atoms with E-state index in [0.29, 0.717) is 0 Å². The van der Waals surface area contributed by atoms with Gasteiger partial charge in [0.25, 0.3) is 0 Å². The van der Waals surface area contributed by atoms with Crippen LogP contribution in [0.4, 0.5) is 0 Å². The maximum Gasteiger partial charge on any atom is -0.00431 e. The van der Waals surface area contributed by atoms with Crippen LogP contribution in [0.5, 0.6) is 0 Å². The van der Waals surface area contributed by atoms with E-state index in [1.807, 2.05) is 12.1 Å². The maximum atomic E-state index is 3.37. The van der Waals surface area contributed by atoms with Gasteiger partial charge in [-0.05, 0) is 43.5 Å². The van der Waals surface area contributed by atoms with E-state index in [-0.39, 0.29) is 0 Å². The molecule has 2 rings (SSSR count). The molecule has 0 spiro atoms. The van der Waals surface area contributed by atoms with Crippen molar-refractivity contribution in [1.82, 2.24) is 5.32 Å². The van der Waals surface area contributed by atoms with Gasteiger partial charge >= 0.3 is 0 Å². The summed E-state index contributed by atoms with van der Waals surface area (Å²) >= 11 is 0. The van der Waals surface area contributed by atoms with E-state index in [0.717, 1.165) is 19.0 Å². The highest BCUT2D eigenvalue weighted by Crippen LogP contribution is 2.23. The van der Waals surface area contributed by atoms with E-state index >= 15 is 0 Å². The fourth-order valence-corrected chi connectivity index (χ4v) is 1.79. The van der Waals surface area contributed by atoms with E-state index in [1.165, 1.54) is 18.4 Å². The molecule has 1 heteroatoms. The summed E-state index contributed by atoms with van der Waals surface area (Å²) in [6.45, 7) is 2.32. The number of hydrogen-bond acceptors (Lipinski definition) is 1. The molecule has 1 aromatic rings. The third-order valence-corrected chi connectivity index (χ3v) is 2.51. The number of piperidine rings is 1. The molecule has 0 aliphatic carbocycles. The van der Waals surface area contributed by atoms with Crippen molar-refractivity contribution < 1.29 is 0 Å². The van der Waals surface area contributed by atoms with E-state index in [2.05, 4.69) is 23.5 Å². The van der Waals surface area contributed by atoms with Gasteiger partial charge in [0.2, 0.25) is 0 Å². The van der Waals surface area contributed by atoms with Gasteiger partial charge in [0, 0.05) is 0 Å². The summed E-state index contributed by atoms with van der Waals surface area (Å²) in [5.41, 5.74) is 1.39. The molecule has 1 radical (unpaired) electrons. The molecule has 0 bridgehead atoms. The summed E-state index contributed by atoms with van der Waals surface area (Å²) in [5, 5.41) is 3.37. The van der Waals surface area contributed by atoms with Crippen molar-refractivity contribution in [1.29, 1.82) is 0 Å². The molecule has 1 aliphatic rings. The second-order valence-electron chi connectivity index (χ2n) is 3.34. The molecular formula is C11H14N. The maximum absolute atomic E-state index is 3.37. The summed E-state index contributed by atoms with van der Waals surface area (Å²) in [4.78, 5) is 0. The third-order valence-electron chi connectivity index (χ3n) is 2.51. The van der Waals surface area contributed by atoms with Gasteiger partial charge in [-0.1, -0.05) is 24.3 Å². The molecule has 1 aliphatic heterocycles. The molecule has 12 heavy (non-hydrogen) atoms. The first-order valence-corrected chi connectivity index (χ1v) is 4.64. The predicted molar refractivity (Wildman–Crippen MR) is 50.1 cm³/mol. The van der Waals surface area contributed by atoms with Gasteiger partial charge in [-0.2, -0.15) is 0 Å². The van der Waals surface area contributed by atoms with Crippen LogP contribution in [-0.2, 0) is 0 Å². The Hall–Kier alpha value is -0.820. The fraction of sp³-hybridized carbons (Fsp3) is 0.455. The standard InChI is InChI=1S/C11H14N/c1-2-4-10(5-3-1)11-6-8-12-9-7-11/h1-4,11-12H,6-9H2. The quantitative estimate of drug-likeness (QED) is 0.662. The predicted octanol–water partition coefficient (Wildman–Crippen LogP) is 1.95. The molecule has 0 saturated carbocycles. The summed E-state index contributed by atoms with van der Waals surface area (Å²) in [5.74, 6) is 0.743. The number of hydrogen-bond donors (Lipinski definition) is 1. The van der Waals surface area contributed by atoms with Crippen LogP contribution >= 0.6 is 0 Å². The molecule has 0 amide bonds. The smallest absolute Gasteiger partial charge is 0.00431 e. The lowest BCUT2D eigenvalue weighted by Gasteiger charge is -2.22. The molecule has 1 heterocycles. The Kier molecular flexibility index (Phi) is 2.42. The lowest BCUT2D eigenvalue weighted by atomic mass is 9.90. The average molecular weight is 160 g/mol. The van der Waals surface area contributed by atoms with Gasteiger partial charge in [0.05, 0.1) is 0 Å². The minimum Gasteiger partial charge on any atom is -0.317 e. The second-order valence-corrected chi connectivity index (χ2v) is 3.34. The SMILES string of the molecule is [c]1ccccc1C1CCNCC1. The number of nitrogens with one attached hydrogen (secondary N) is 1. The van der Waals surface area contributed by atoms with Crippen LogP contribution in [0.1, 0.15) is 24.3 Å². The largest absolute Gasteiger partial charge is 0.317 e. The Balaban J connectivity index is 2.08. The number of rotatable bonds is 1. The van der Waals surface area contributed by atoms with Crippen molar-refractivity contribution >= 4 is 0 Å². The lowest BCUT2D eigenvalue weighted by Crippen LogP contribution is -2.26. The van der Waals surface area contributed by atoms with Gasteiger partial charge in [-0.15, -0.1) is 0 Å². The van der Waals surface area contributed by atoms with Gasteiger partial charge < -0.3 is 5.32 Å². The van der Waals surface area contributed by atoms with Crippen LogP contribution in [0.3, 0.4) is 0 Å². The molecule has 0 unspecified atom stereocenters. The van der Waals surface area contributed by atoms with E-state index in [4.69, 9.17) is 0 Å². The molecule has 1 aromatic carbocycles. The highest BCUT2D eigenvalue weighted by molar-refractivity contribution is 5.18. The molecule has 1 saturated heterocycles. The summed E-state index contributed by atoms with van der Waals surface area (Å²) < 4.78 is 0. The molecule has 1 nitrogen and oxygen atoms in total. The monoisotopic (exact) mass is 160 g/mol. The normalized spacial score (nSPS) is 19.3. The van der Waals surface area contributed by atoms with Crippen molar-refractivity contribution in [2.75, 3.05) is 13.1 Å². The Morgan fingerprint density at radius 1 is 1.25 bits per heavy atom. The number of benzene rings is 1. The molecular weight excluding hydrogens is 146 g/mol. The molecule has 0 atom stereocenters. The topological polar surface area (TPSA) is 12.0 Å². The Morgan fingerprint density at radius 2 is 2.08 bits per heavy atom. The Morgan fingerprint density at radius 3 is 2.75 bits per heavy atom. The van der Waals surface area contributed by atoms with Crippen molar-refractivity contribution in [3.8, 4) is 0 Å².